The van der Waals surface area contributed by atoms with Crippen molar-refractivity contribution in [2.45, 2.75) is 57.8 Å². The fourth-order valence-electron chi connectivity index (χ4n) is 1.12. The van der Waals surface area contributed by atoms with Crippen molar-refractivity contribution in [3.63, 3.8) is 0 Å². The van der Waals surface area contributed by atoms with Crippen molar-refractivity contribution in [3.8, 4) is 0 Å². The molecule has 0 aliphatic rings. The van der Waals surface area contributed by atoms with Crippen LogP contribution in [-0.2, 0) is 4.79 Å². The van der Waals surface area contributed by atoms with E-state index < -0.39 is 11.9 Å². The lowest BCUT2D eigenvalue weighted by molar-refractivity contribution is -0.172. The number of carbonyl (C=O) groups is 1. The predicted molar refractivity (Wildman–Crippen MR) is 52.6 cm³/mol. The Balaban J connectivity index is 3.66. The van der Waals surface area contributed by atoms with Crippen LogP contribution in [0.25, 0.3) is 0 Å². The smallest absolute Gasteiger partial charge is 0.169 e. The Hall–Kier alpha value is -0.450. The van der Waals surface area contributed by atoms with E-state index in [9.17, 15) is 15.0 Å². The number of aliphatic hydroxyl groups is 3. The van der Waals surface area contributed by atoms with Gasteiger partial charge in [-0.05, 0) is 26.2 Å². The summed E-state index contributed by atoms with van der Waals surface area (Å²) in [5.41, 5.74) is 0. The molecule has 0 spiro atoms. The first-order chi connectivity index (χ1) is 6.37. The number of hydrogen-bond acceptors (Lipinski definition) is 4. The minimum absolute atomic E-state index is 0.148. The average Bonchev–Trinajstić information content (AvgIpc) is 2.02. The zero-order valence-electron chi connectivity index (χ0n) is 8.86. The van der Waals surface area contributed by atoms with Gasteiger partial charge in [-0.1, -0.05) is 6.92 Å². The van der Waals surface area contributed by atoms with Crippen LogP contribution in [0.2, 0.25) is 0 Å². The summed E-state index contributed by atoms with van der Waals surface area (Å²) in [4.78, 5) is 11.2. The number of hydrogen-bond donors (Lipinski definition) is 3. The normalized spacial score (nSPS) is 14.1. The zero-order valence-corrected chi connectivity index (χ0v) is 8.86. The van der Waals surface area contributed by atoms with Crippen molar-refractivity contribution in [1.82, 2.24) is 0 Å². The molecule has 0 aromatic rings. The van der Waals surface area contributed by atoms with E-state index in [0.29, 0.717) is 19.3 Å². The van der Waals surface area contributed by atoms with Gasteiger partial charge in [0.1, 0.15) is 5.78 Å². The Bertz CT molecular complexity index is 175. The number of Topliss-reactive ketones (excluding diaryl/α,β-unsaturated/α-hetero) is 1. The average molecular weight is 204 g/mol. The predicted octanol–water partition coefficient (Wildman–Crippen LogP) is 0.588. The first kappa shape index (κ1) is 13.5. The molecule has 0 amide bonds. The van der Waals surface area contributed by atoms with Crippen LogP contribution in [0.5, 0.6) is 0 Å². The van der Waals surface area contributed by atoms with Gasteiger partial charge < -0.3 is 15.3 Å². The van der Waals surface area contributed by atoms with Crippen LogP contribution in [0.4, 0.5) is 0 Å². The highest BCUT2D eigenvalue weighted by Gasteiger charge is 2.23. The van der Waals surface area contributed by atoms with Gasteiger partial charge in [-0.3, -0.25) is 4.79 Å². The molecule has 3 N–H and O–H groups in total. The van der Waals surface area contributed by atoms with Gasteiger partial charge in [0.15, 0.2) is 5.79 Å². The van der Waals surface area contributed by atoms with Crippen molar-refractivity contribution in [3.05, 3.63) is 0 Å². The fraction of sp³-hybridized carbons (Fsp3) is 0.900. The Morgan fingerprint density at radius 3 is 2.43 bits per heavy atom. The maximum atomic E-state index is 11.2. The SMILES string of the molecule is CCC(O)(O)CC(=O)CCCC(C)O. The van der Waals surface area contributed by atoms with E-state index in [2.05, 4.69) is 0 Å². The molecule has 4 nitrogen and oxygen atoms in total. The molecule has 0 rings (SSSR count). The Labute approximate surface area is 84.6 Å². The summed E-state index contributed by atoms with van der Waals surface area (Å²) in [6.45, 7) is 3.28. The molecule has 0 bridgehead atoms. The molecule has 0 heterocycles. The molecule has 0 fully saturated rings. The molecule has 1 unspecified atom stereocenters. The van der Waals surface area contributed by atoms with E-state index in [1.54, 1.807) is 13.8 Å². The van der Waals surface area contributed by atoms with Crippen LogP contribution in [0.15, 0.2) is 0 Å². The van der Waals surface area contributed by atoms with Crippen molar-refractivity contribution in [2.24, 2.45) is 0 Å². The molecule has 1 atom stereocenters. The van der Waals surface area contributed by atoms with Crippen LogP contribution in [0, 0.1) is 0 Å². The van der Waals surface area contributed by atoms with Gasteiger partial charge in [-0.25, -0.2) is 0 Å². The maximum absolute atomic E-state index is 11.2. The number of carbonyl (C=O) groups excluding carboxylic acids is 1. The Morgan fingerprint density at radius 1 is 1.43 bits per heavy atom. The van der Waals surface area contributed by atoms with Gasteiger partial charge in [0.25, 0.3) is 0 Å². The highest BCUT2D eigenvalue weighted by molar-refractivity contribution is 5.79. The van der Waals surface area contributed by atoms with E-state index in [-0.39, 0.29) is 18.6 Å². The quantitative estimate of drug-likeness (QED) is 0.530. The molecule has 14 heavy (non-hydrogen) atoms. The first-order valence-corrected chi connectivity index (χ1v) is 5.02. The largest absolute Gasteiger partial charge is 0.393 e. The van der Waals surface area contributed by atoms with Crippen molar-refractivity contribution in [2.75, 3.05) is 0 Å². The summed E-state index contributed by atoms with van der Waals surface area (Å²) in [5.74, 6) is -2.03. The summed E-state index contributed by atoms with van der Waals surface area (Å²) in [5, 5.41) is 27.3. The molecular formula is C10H20O4. The highest BCUT2D eigenvalue weighted by Crippen LogP contribution is 2.13. The van der Waals surface area contributed by atoms with E-state index in [1.165, 1.54) is 0 Å². The van der Waals surface area contributed by atoms with Crippen molar-refractivity contribution >= 4 is 5.78 Å². The lowest BCUT2D eigenvalue weighted by Gasteiger charge is -2.18. The molecule has 0 aromatic carbocycles. The first-order valence-electron chi connectivity index (χ1n) is 5.02. The van der Waals surface area contributed by atoms with Gasteiger partial charge >= 0.3 is 0 Å². The second-order valence-electron chi connectivity index (χ2n) is 3.79. The van der Waals surface area contributed by atoms with Crippen LogP contribution in [-0.4, -0.2) is 33.0 Å². The lowest BCUT2D eigenvalue weighted by atomic mass is 10.0. The van der Waals surface area contributed by atoms with E-state index in [4.69, 9.17) is 5.11 Å². The van der Waals surface area contributed by atoms with Gasteiger partial charge in [0.05, 0.1) is 12.5 Å². The molecule has 4 heteroatoms. The minimum Gasteiger partial charge on any atom is -0.393 e. The van der Waals surface area contributed by atoms with Crippen LogP contribution in [0.3, 0.4) is 0 Å². The fourth-order valence-corrected chi connectivity index (χ4v) is 1.12. The third kappa shape index (κ3) is 7.00. The zero-order chi connectivity index (χ0) is 11.2. The van der Waals surface area contributed by atoms with Crippen molar-refractivity contribution < 1.29 is 20.1 Å². The summed E-state index contributed by atoms with van der Waals surface area (Å²) >= 11 is 0. The topological polar surface area (TPSA) is 77.8 Å². The van der Waals surface area contributed by atoms with E-state index in [0.717, 1.165) is 0 Å². The second-order valence-corrected chi connectivity index (χ2v) is 3.79. The molecule has 0 radical (unpaired) electrons. The lowest BCUT2D eigenvalue weighted by Crippen LogP contribution is -2.30. The minimum atomic E-state index is -1.86. The number of aliphatic hydroxyl groups excluding tert-OH is 1. The molecule has 0 aliphatic carbocycles. The van der Waals surface area contributed by atoms with Gasteiger partial charge in [0.2, 0.25) is 0 Å². The number of ketones is 1. The second kappa shape index (κ2) is 6.11. The van der Waals surface area contributed by atoms with Crippen LogP contribution < -0.4 is 0 Å². The molecule has 0 saturated heterocycles. The molecule has 84 valence electrons. The summed E-state index contributed by atoms with van der Waals surface area (Å²) in [6.07, 6.45) is 0.992. The Kier molecular flexibility index (Phi) is 5.92. The van der Waals surface area contributed by atoms with Crippen LogP contribution >= 0.6 is 0 Å². The summed E-state index contributed by atoms with van der Waals surface area (Å²) in [7, 11) is 0. The maximum Gasteiger partial charge on any atom is 0.169 e. The Morgan fingerprint density at radius 2 is 2.00 bits per heavy atom. The van der Waals surface area contributed by atoms with Gasteiger partial charge in [-0.2, -0.15) is 0 Å². The van der Waals surface area contributed by atoms with Crippen molar-refractivity contribution in [1.29, 1.82) is 0 Å². The van der Waals surface area contributed by atoms with Gasteiger partial charge in [-0.15, -0.1) is 0 Å². The van der Waals surface area contributed by atoms with E-state index in [1.807, 2.05) is 0 Å². The van der Waals surface area contributed by atoms with Gasteiger partial charge in [0, 0.05) is 6.42 Å². The van der Waals surface area contributed by atoms with E-state index >= 15 is 0 Å². The molecule has 0 saturated carbocycles. The third-order valence-corrected chi connectivity index (χ3v) is 2.12. The monoisotopic (exact) mass is 204 g/mol. The standard InChI is InChI=1S/C10H20O4/c1-3-10(13,14)7-9(12)6-4-5-8(2)11/h8,11,13-14H,3-7H2,1-2H3. The third-order valence-electron chi connectivity index (χ3n) is 2.12. The van der Waals surface area contributed by atoms with Crippen LogP contribution in [0.1, 0.15) is 46.0 Å². The molecule has 0 aliphatic heterocycles. The summed E-state index contributed by atoms with van der Waals surface area (Å²) < 4.78 is 0. The summed E-state index contributed by atoms with van der Waals surface area (Å²) in [6, 6.07) is 0. The highest BCUT2D eigenvalue weighted by atomic mass is 16.5. The number of rotatable bonds is 7. The molecular weight excluding hydrogens is 184 g/mol. The molecule has 0 aromatic heterocycles.